The Balaban J connectivity index is 2.11. The van der Waals surface area contributed by atoms with Gasteiger partial charge in [-0.1, -0.05) is 11.2 Å². The van der Waals surface area contributed by atoms with Crippen molar-refractivity contribution in [2.75, 3.05) is 7.11 Å². The van der Waals surface area contributed by atoms with Crippen molar-refractivity contribution in [1.29, 1.82) is 0 Å². The van der Waals surface area contributed by atoms with Gasteiger partial charge in [0, 0.05) is 11.6 Å². The number of aromatic nitrogens is 1. The third kappa shape index (κ3) is 1.87. The summed E-state index contributed by atoms with van der Waals surface area (Å²) < 4.78 is 10.3. The number of carboxylic acids is 1. The zero-order valence-corrected chi connectivity index (χ0v) is 10.5. The van der Waals surface area contributed by atoms with Gasteiger partial charge < -0.3 is 14.4 Å². The molecule has 0 fully saturated rings. The van der Waals surface area contributed by atoms with Crippen LogP contribution in [0.15, 0.2) is 22.7 Å². The second-order valence-corrected chi connectivity index (χ2v) is 4.52. The molecule has 1 aromatic carbocycles. The topological polar surface area (TPSA) is 72.6 Å². The molecule has 0 amide bonds. The fraction of sp³-hybridized carbons (Fsp3) is 0.286. The maximum absolute atomic E-state index is 10.8. The summed E-state index contributed by atoms with van der Waals surface area (Å²) in [5, 5.41) is 12.7. The average molecular weight is 259 g/mol. The molecule has 98 valence electrons. The third-order valence-electron chi connectivity index (χ3n) is 3.43. The Morgan fingerprint density at radius 3 is 2.95 bits per heavy atom. The maximum Gasteiger partial charge on any atom is 0.374 e. The van der Waals surface area contributed by atoms with E-state index in [1.54, 1.807) is 7.11 Å². The first-order valence-corrected chi connectivity index (χ1v) is 6.10. The fourth-order valence-corrected chi connectivity index (χ4v) is 2.57. The van der Waals surface area contributed by atoms with Gasteiger partial charge in [-0.15, -0.1) is 0 Å². The van der Waals surface area contributed by atoms with Crippen LogP contribution >= 0.6 is 0 Å². The first kappa shape index (κ1) is 11.8. The number of ether oxygens (including phenoxy) is 1. The molecule has 0 bridgehead atoms. The van der Waals surface area contributed by atoms with Crippen molar-refractivity contribution in [3.63, 3.8) is 0 Å². The summed E-state index contributed by atoms with van der Waals surface area (Å²) in [7, 11) is 1.62. The lowest BCUT2D eigenvalue weighted by Crippen LogP contribution is -1.95. The normalized spacial score (nSPS) is 13.3. The van der Waals surface area contributed by atoms with Crippen molar-refractivity contribution in [1.82, 2.24) is 5.16 Å². The molecule has 1 heterocycles. The average Bonchev–Trinajstić information content (AvgIpc) is 3.05. The van der Waals surface area contributed by atoms with Crippen LogP contribution in [0.5, 0.6) is 5.75 Å². The quantitative estimate of drug-likeness (QED) is 0.916. The second-order valence-electron chi connectivity index (χ2n) is 4.52. The zero-order valence-electron chi connectivity index (χ0n) is 10.5. The van der Waals surface area contributed by atoms with Crippen LogP contribution in [0, 0.1) is 0 Å². The van der Waals surface area contributed by atoms with Gasteiger partial charge in [0.2, 0.25) is 5.76 Å². The van der Waals surface area contributed by atoms with Crippen LogP contribution in [0.3, 0.4) is 0 Å². The minimum Gasteiger partial charge on any atom is -0.496 e. The number of carboxylic acid groups (broad SMARTS) is 1. The Bertz CT molecular complexity index is 645. The molecular formula is C14H13NO4. The molecule has 0 saturated carbocycles. The monoisotopic (exact) mass is 259 g/mol. The molecule has 2 aromatic rings. The smallest absolute Gasteiger partial charge is 0.374 e. The van der Waals surface area contributed by atoms with Crippen molar-refractivity contribution in [2.45, 2.75) is 19.3 Å². The number of methoxy groups -OCH3 is 1. The number of hydrogen-bond acceptors (Lipinski definition) is 4. The standard InChI is InChI=1S/C14H13NO4/c1-18-13-9-4-2-3-8(9)5-6-10(13)11-7-12(14(16)17)19-15-11/h5-7H,2-4H2,1H3,(H,16,17). The van der Waals surface area contributed by atoms with Crippen molar-refractivity contribution >= 4 is 5.97 Å². The molecule has 1 N–H and O–H groups in total. The van der Waals surface area contributed by atoms with Crippen LogP contribution in [0.1, 0.15) is 28.1 Å². The molecule has 0 radical (unpaired) electrons. The number of nitrogens with zero attached hydrogens (tertiary/aromatic N) is 1. The minimum atomic E-state index is -1.13. The lowest BCUT2D eigenvalue weighted by molar-refractivity contribution is 0.0652. The van der Waals surface area contributed by atoms with E-state index in [4.69, 9.17) is 14.4 Å². The van der Waals surface area contributed by atoms with Crippen LogP contribution in [0.2, 0.25) is 0 Å². The lowest BCUT2D eigenvalue weighted by atomic mass is 10.0. The fourth-order valence-electron chi connectivity index (χ4n) is 2.57. The molecule has 1 aromatic heterocycles. The van der Waals surface area contributed by atoms with Crippen LogP contribution < -0.4 is 4.74 Å². The highest BCUT2D eigenvalue weighted by Crippen LogP contribution is 2.38. The summed E-state index contributed by atoms with van der Waals surface area (Å²) >= 11 is 0. The Hall–Kier alpha value is -2.30. The first-order chi connectivity index (χ1) is 9.20. The summed E-state index contributed by atoms with van der Waals surface area (Å²) in [5.41, 5.74) is 3.76. The molecule has 0 saturated heterocycles. The van der Waals surface area contributed by atoms with E-state index in [2.05, 4.69) is 11.2 Å². The van der Waals surface area contributed by atoms with Crippen molar-refractivity contribution < 1.29 is 19.2 Å². The van der Waals surface area contributed by atoms with E-state index in [0.717, 1.165) is 30.6 Å². The van der Waals surface area contributed by atoms with Crippen LogP contribution in [-0.2, 0) is 12.8 Å². The van der Waals surface area contributed by atoms with Gasteiger partial charge in [0.1, 0.15) is 11.4 Å². The van der Waals surface area contributed by atoms with E-state index in [1.165, 1.54) is 17.2 Å². The first-order valence-electron chi connectivity index (χ1n) is 6.10. The van der Waals surface area contributed by atoms with Gasteiger partial charge in [0.25, 0.3) is 0 Å². The number of benzene rings is 1. The highest BCUT2D eigenvalue weighted by atomic mass is 16.5. The molecule has 1 aliphatic carbocycles. The van der Waals surface area contributed by atoms with E-state index >= 15 is 0 Å². The van der Waals surface area contributed by atoms with Gasteiger partial charge in [0.05, 0.1) is 7.11 Å². The van der Waals surface area contributed by atoms with E-state index in [-0.39, 0.29) is 5.76 Å². The lowest BCUT2D eigenvalue weighted by Gasteiger charge is -2.11. The predicted octanol–water partition coefficient (Wildman–Crippen LogP) is 2.54. The van der Waals surface area contributed by atoms with Crippen molar-refractivity contribution in [3.05, 3.63) is 35.1 Å². The van der Waals surface area contributed by atoms with Crippen molar-refractivity contribution in [3.8, 4) is 17.0 Å². The number of aromatic carboxylic acids is 1. The minimum absolute atomic E-state index is 0.169. The molecule has 0 unspecified atom stereocenters. The maximum atomic E-state index is 10.8. The van der Waals surface area contributed by atoms with E-state index in [1.807, 2.05) is 6.07 Å². The van der Waals surface area contributed by atoms with E-state index in [9.17, 15) is 4.79 Å². The van der Waals surface area contributed by atoms with Gasteiger partial charge in [-0.2, -0.15) is 0 Å². The predicted molar refractivity (Wildman–Crippen MR) is 67.5 cm³/mol. The molecule has 0 spiro atoms. The molecule has 3 rings (SSSR count). The van der Waals surface area contributed by atoms with Gasteiger partial charge in [0.15, 0.2) is 0 Å². The molecular weight excluding hydrogens is 246 g/mol. The summed E-state index contributed by atoms with van der Waals surface area (Å²) in [6.07, 6.45) is 3.16. The molecule has 0 aliphatic heterocycles. The Morgan fingerprint density at radius 2 is 2.26 bits per heavy atom. The van der Waals surface area contributed by atoms with Gasteiger partial charge in [-0.25, -0.2) is 4.79 Å². The second kappa shape index (κ2) is 4.42. The van der Waals surface area contributed by atoms with E-state index in [0.29, 0.717) is 5.69 Å². The molecule has 19 heavy (non-hydrogen) atoms. The summed E-state index contributed by atoms with van der Waals surface area (Å²) in [4.78, 5) is 10.8. The molecule has 5 nitrogen and oxygen atoms in total. The SMILES string of the molecule is COc1c(-c2cc(C(=O)O)on2)ccc2c1CCC2. The number of rotatable bonds is 3. The van der Waals surface area contributed by atoms with Gasteiger partial charge in [-0.05, 0) is 36.5 Å². The van der Waals surface area contributed by atoms with Gasteiger partial charge >= 0.3 is 5.97 Å². The number of hydrogen-bond donors (Lipinski definition) is 1. The Morgan fingerprint density at radius 1 is 1.42 bits per heavy atom. The van der Waals surface area contributed by atoms with Crippen LogP contribution in [0.25, 0.3) is 11.3 Å². The third-order valence-corrected chi connectivity index (χ3v) is 3.43. The Kier molecular flexibility index (Phi) is 2.74. The molecule has 5 heteroatoms. The van der Waals surface area contributed by atoms with E-state index < -0.39 is 5.97 Å². The number of aryl methyl sites for hydroxylation is 1. The number of fused-ring (bicyclic) bond motifs is 1. The summed E-state index contributed by atoms with van der Waals surface area (Å²) in [6.45, 7) is 0. The molecule has 1 aliphatic rings. The molecule has 0 atom stereocenters. The highest BCUT2D eigenvalue weighted by molar-refractivity contribution is 5.86. The Labute approximate surface area is 109 Å². The highest BCUT2D eigenvalue weighted by Gasteiger charge is 2.22. The van der Waals surface area contributed by atoms with Crippen molar-refractivity contribution in [2.24, 2.45) is 0 Å². The van der Waals surface area contributed by atoms with Crippen LogP contribution in [-0.4, -0.2) is 23.3 Å². The largest absolute Gasteiger partial charge is 0.496 e. The summed E-state index contributed by atoms with van der Waals surface area (Å²) in [5.74, 6) is -0.517. The van der Waals surface area contributed by atoms with Crippen LogP contribution in [0.4, 0.5) is 0 Å². The zero-order chi connectivity index (χ0) is 13.4. The van der Waals surface area contributed by atoms with Gasteiger partial charge in [-0.3, -0.25) is 0 Å². The summed E-state index contributed by atoms with van der Waals surface area (Å²) in [6, 6.07) is 5.38. The number of carbonyl (C=O) groups is 1.